The molecule has 1 aromatic heterocycles. The minimum Gasteiger partial charge on any atom is -0.396 e. The van der Waals surface area contributed by atoms with Crippen molar-refractivity contribution < 1.29 is 5.11 Å². The summed E-state index contributed by atoms with van der Waals surface area (Å²) in [5.41, 5.74) is 1.54. The molecular weight excluding hydrogens is 218 g/mol. The molecule has 0 amide bonds. The molecule has 1 unspecified atom stereocenters. The quantitative estimate of drug-likeness (QED) is 0.799. The van der Waals surface area contributed by atoms with Crippen molar-refractivity contribution in [2.45, 2.75) is 38.6 Å². The number of fused-ring (bicyclic) bond motifs is 1. The van der Waals surface area contributed by atoms with Gasteiger partial charge < -0.3 is 5.11 Å². The Kier molecular flexibility index (Phi) is 4.38. The zero-order valence-corrected chi connectivity index (χ0v) is 10.8. The van der Waals surface area contributed by atoms with E-state index in [-0.39, 0.29) is 0 Å². The summed E-state index contributed by atoms with van der Waals surface area (Å²) in [7, 11) is 0. The molecule has 90 valence electrons. The van der Waals surface area contributed by atoms with Crippen LogP contribution in [0, 0.1) is 0 Å². The minimum atomic E-state index is 0.338. The average molecular weight is 239 g/mol. The van der Waals surface area contributed by atoms with Gasteiger partial charge in [-0.05, 0) is 56.2 Å². The Balaban J connectivity index is 1.84. The molecule has 2 rings (SSSR count). The number of thiophene rings is 1. The zero-order chi connectivity index (χ0) is 11.4. The molecule has 0 radical (unpaired) electrons. The van der Waals surface area contributed by atoms with Gasteiger partial charge in [0.25, 0.3) is 0 Å². The molecule has 2 nitrogen and oxygen atoms in total. The second-order valence-electron chi connectivity index (χ2n) is 4.55. The van der Waals surface area contributed by atoms with Crippen LogP contribution in [0.5, 0.6) is 0 Å². The Morgan fingerprint density at radius 3 is 3.12 bits per heavy atom. The molecule has 16 heavy (non-hydrogen) atoms. The van der Waals surface area contributed by atoms with E-state index < -0.39 is 0 Å². The number of unbranched alkanes of at least 4 members (excludes halogenated alkanes) is 2. The van der Waals surface area contributed by atoms with Crippen LogP contribution in [-0.4, -0.2) is 29.7 Å². The van der Waals surface area contributed by atoms with E-state index in [1.165, 1.54) is 25.9 Å². The first kappa shape index (κ1) is 12.1. The SMILES string of the molecule is CC1c2ccsc2CCN1CCCCCO. The van der Waals surface area contributed by atoms with Gasteiger partial charge in [0.15, 0.2) is 0 Å². The van der Waals surface area contributed by atoms with E-state index in [4.69, 9.17) is 5.11 Å². The van der Waals surface area contributed by atoms with Crippen LogP contribution < -0.4 is 0 Å². The highest BCUT2D eigenvalue weighted by molar-refractivity contribution is 7.10. The van der Waals surface area contributed by atoms with Crippen LogP contribution in [0.15, 0.2) is 11.4 Å². The number of aliphatic hydroxyl groups excluding tert-OH is 1. The largest absolute Gasteiger partial charge is 0.396 e. The van der Waals surface area contributed by atoms with Gasteiger partial charge in [-0.3, -0.25) is 4.90 Å². The molecule has 1 aliphatic rings. The standard InChI is InChI=1S/C13H21NOS/c1-11-12-6-10-16-13(12)5-8-14(11)7-3-2-4-9-15/h6,10-11,15H,2-5,7-9H2,1H3. The molecule has 1 aliphatic heterocycles. The Hall–Kier alpha value is -0.380. The average Bonchev–Trinajstić information content (AvgIpc) is 2.76. The summed E-state index contributed by atoms with van der Waals surface area (Å²) in [6, 6.07) is 2.87. The number of aliphatic hydroxyl groups is 1. The van der Waals surface area contributed by atoms with Crippen LogP contribution in [0.1, 0.15) is 42.7 Å². The van der Waals surface area contributed by atoms with Gasteiger partial charge in [0, 0.05) is 24.1 Å². The number of nitrogens with zero attached hydrogens (tertiary/aromatic N) is 1. The lowest BCUT2D eigenvalue weighted by Gasteiger charge is -2.33. The van der Waals surface area contributed by atoms with Crippen LogP contribution in [0.4, 0.5) is 0 Å². The van der Waals surface area contributed by atoms with Crippen molar-refractivity contribution in [1.29, 1.82) is 0 Å². The van der Waals surface area contributed by atoms with Gasteiger partial charge in [0.05, 0.1) is 0 Å². The molecule has 2 heterocycles. The molecule has 1 aromatic rings. The Morgan fingerprint density at radius 2 is 2.31 bits per heavy atom. The fourth-order valence-corrected chi connectivity index (χ4v) is 3.43. The highest BCUT2D eigenvalue weighted by atomic mass is 32.1. The smallest absolute Gasteiger partial charge is 0.0431 e. The lowest BCUT2D eigenvalue weighted by atomic mass is 10.0. The second-order valence-corrected chi connectivity index (χ2v) is 5.55. The molecule has 3 heteroatoms. The van der Waals surface area contributed by atoms with Crippen LogP contribution in [0.2, 0.25) is 0 Å². The van der Waals surface area contributed by atoms with Crippen molar-refractivity contribution in [3.63, 3.8) is 0 Å². The molecule has 0 aliphatic carbocycles. The first-order chi connectivity index (χ1) is 7.83. The van der Waals surface area contributed by atoms with E-state index in [1.807, 2.05) is 11.3 Å². The molecule has 0 bridgehead atoms. The Bertz CT molecular complexity index is 323. The minimum absolute atomic E-state index is 0.338. The van der Waals surface area contributed by atoms with Gasteiger partial charge in [-0.1, -0.05) is 0 Å². The highest BCUT2D eigenvalue weighted by Gasteiger charge is 2.23. The summed E-state index contributed by atoms with van der Waals surface area (Å²) in [5, 5.41) is 11.0. The van der Waals surface area contributed by atoms with Crippen molar-refractivity contribution in [2.75, 3.05) is 19.7 Å². The third kappa shape index (κ3) is 2.65. The van der Waals surface area contributed by atoms with E-state index in [0.717, 1.165) is 12.8 Å². The topological polar surface area (TPSA) is 23.5 Å². The monoisotopic (exact) mass is 239 g/mol. The third-order valence-corrected chi connectivity index (χ3v) is 4.50. The summed E-state index contributed by atoms with van der Waals surface area (Å²) < 4.78 is 0. The molecule has 1 N–H and O–H groups in total. The van der Waals surface area contributed by atoms with Crippen LogP contribution in [-0.2, 0) is 6.42 Å². The van der Waals surface area contributed by atoms with E-state index >= 15 is 0 Å². The maximum Gasteiger partial charge on any atom is 0.0431 e. The first-order valence-corrected chi connectivity index (χ1v) is 7.12. The molecule has 0 aromatic carbocycles. The van der Waals surface area contributed by atoms with E-state index in [2.05, 4.69) is 23.3 Å². The van der Waals surface area contributed by atoms with E-state index in [9.17, 15) is 0 Å². The zero-order valence-electron chi connectivity index (χ0n) is 9.98. The summed E-state index contributed by atoms with van der Waals surface area (Å²) in [6.07, 6.45) is 4.53. The number of hydrogen-bond acceptors (Lipinski definition) is 3. The van der Waals surface area contributed by atoms with Crippen LogP contribution >= 0.6 is 11.3 Å². The third-order valence-electron chi connectivity index (χ3n) is 3.51. The summed E-state index contributed by atoms with van der Waals surface area (Å²) in [6.45, 7) is 5.03. The normalized spacial score (nSPS) is 21.0. The lowest BCUT2D eigenvalue weighted by Crippen LogP contribution is -2.33. The van der Waals surface area contributed by atoms with E-state index in [0.29, 0.717) is 12.6 Å². The maximum atomic E-state index is 8.75. The van der Waals surface area contributed by atoms with Crippen LogP contribution in [0.3, 0.4) is 0 Å². The molecule has 0 saturated heterocycles. The van der Waals surface area contributed by atoms with Gasteiger partial charge in [-0.15, -0.1) is 11.3 Å². The maximum absolute atomic E-state index is 8.75. The summed E-state index contributed by atoms with van der Waals surface area (Å²) >= 11 is 1.90. The Morgan fingerprint density at radius 1 is 1.44 bits per heavy atom. The summed E-state index contributed by atoms with van der Waals surface area (Å²) in [4.78, 5) is 4.16. The molecular formula is C13H21NOS. The van der Waals surface area contributed by atoms with Gasteiger partial charge in [0.2, 0.25) is 0 Å². The lowest BCUT2D eigenvalue weighted by molar-refractivity contribution is 0.193. The second kappa shape index (κ2) is 5.80. The molecule has 0 saturated carbocycles. The predicted molar refractivity (Wildman–Crippen MR) is 68.9 cm³/mol. The first-order valence-electron chi connectivity index (χ1n) is 6.24. The van der Waals surface area contributed by atoms with Gasteiger partial charge in [-0.25, -0.2) is 0 Å². The Labute approximate surface area is 102 Å². The van der Waals surface area contributed by atoms with Crippen molar-refractivity contribution in [3.05, 3.63) is 21.9 Å². The van der Waals surface area contributed by atoms with Gasteiger partial charge in [-0.2, -0.15) is 0 Å². The van der Waals surface area contributed by atoms with Crippen molar-refractivity contribution in [3.8, 4) is 0 Å². The van der Waals surface area contributed by atoms with Gasteiger partial charge in [0.1, 0.15) is 0 Å². The highest BCUT2D eigenvalue weighted by Crippen LogP contribution is 2.32. The number of rotatable bonds is 5. The van der Waals surface area contributed by atoms with Crippen molar-refractivity contribution >= 4 is 11.3 Å². The fraction of sp³-hybridized carbons (Fsp3) is 0.692. The van der Waals surface area contributed by atoms with Crippen LogP contribution in [0.25, 0.3) is 0 Å². The number of hydrogen-bond donors (Lipinski definition) is 1. The molecule has 1 atom stereocenters. The summed E-state index contributed by atoms with van der Waals surface area (Å²) in [5.74, 6) is 0. The fourth-order valence-electron chi connectivity index (χ4n) is 2.47. The predicted octanol–water partition coefficient (Wildman–Crippen LogP) is 2.83. The molecule has 0 fully saturated rings. The molecule has 0 spiro atoms. The van der Waals surface area contributed by atoms with Gasteiger partial charge >= 0.3 is 0 Å². The van der Waals surface area contributed by atoms with Crippen molar-refractivity contribution in [2.24, 2.45) is 0 Å². The van der Waals surface area contributed by atoms with Crippen molar-refractivity contribution in [1.82, 2.24) is 4.90 Å². The van der Waals surface area contributed by atoms with E-state index in [1.54, 1.807) is 10.4 Å².